The third-order valence-corrected chi connectivity index (χ3v) is 3.32. The zero-order valence-corrected chi connectivity index (χ0v) is 10.3. The summed E-state index contributed by atoms with van der Waals surface area (Å²) in [6.07, 6.45) is 6.38. The highest BCUT2D eigenvalue weighted by atomic mass is 16.3. The van der Waals surface area contributed by atoms with Crippen molar-refractivity contribution in [1.29, 1.82) is 0 Å². The first-order valence-corrected chi connectivity index (χ1v) is 6.18. The summed E-state index contributed by atoms with van der Waals surface area (Å²) in [7, 11) is 2.15. The predicted octanol–water partition coefficient (Wildman–Crippen LogP) is 2.10. The number of hydrogen-bond acceptors (Lipinski definition) is 3. The maximum absolute atomic E-state index is 5.06. The predicted molar refractivity (Wildman–Crippen MR) is 65.2 cm³/mol. The summed E-state index contributed by atoms with van der Waals surface area (Å²) in [5.41, 5.74) is 1.25. The van der Waals surface area contributed by atoms with Gasteiger partial charge in [0.05, 0.1) is 12.5 Å². The monoisotopic (exact) mass is 222 g/mol. The Bertz CT molecular complexity index is 293. The lowest BCUT2D eigenvalue weighted by molar-refractivity contribution is 0.314. The zero-order valence-electron chi connectivity index (χ0n) is 10.3. The second-order valence-corrected chi connectivity index (χ2v) is 4.95. The molecule has 2 rings (SSSR count). The summed E-state index contributed by atoms with van der Waals surface area (Å²) >= 11 is 0. The van der Waals surface area contributed by atoms with Gasteiger partial charge in [0.1, 0.15) is 0 Å². The molecule has 3 nitrogen and oxygen atoms in total. The molecule has 1 aliphatic rings. The van der Waals surface area contributed by atoms with Crippen molar-refractivity contribution >= 4 is 0 Å². The maximum Gasteiger partial charge on any atom is 0.0947 e. The quantitative estimate of drug-likeness (QED) is 0.766. The fourth-order valence-corrected chi connectivity index (χ4v) is 2.02. The minimum absolute atomic E-state index is 0.697. The van der Waals surface area contributed by atoms with Gasteiger partial charge < -0.3 is 14.6 Å². The molecule has 1 saturated carbocycles. The van der Waals surface area contributed by atoms with Crippen LogP contribution in [0.4, 0.5) is 0 Å². The molecule has 1 unspecified atom stereocenters. The molecular formula is C13H22N2O. The van der Waals surface area contributed by atoms with Crippen LogP contribution in [0.5, 0.6) is 0 Å². The largest absolute Gasteiger partial charge is 0.472 e. The Balaban J connectivity index is 1.58. The first-order valence-electron chi connectivity index (χ1n) is 6.18. The Morgan fingerprint density at radius 2 is 2.38 bits per heavy atom. The van der Waals surface area contributed by atoms with E-state index in [1.165, 1.54) is 18.4 Å². The van der Waals surface area contributed by atoms with Crippen molar-refractivity contribution in [3.8, 4) is 0 Å². The normalized spacial score (nSPS) is 17.9. The smallest absolute Gasteiger partial charge is 0.0947 e. The van der Waals surface area contributed by atoms with Crippen molar-refractivity contribution in [1.82, 2.24) is 10.2 Å². The van der Waals surface area contributed by atoms with Crippen molar-refractivity contribution in [2.24, 2.45) is 5.92 Å². The molecule has 90 valence electrons. The molecule has 0 aromatic carbocycles. The molecule has 0 saturated heterocycles. The van der Waals surface area contributed by atoms with Gasteiger partial charge in [-0.1, -0.05) is 0 Å². The molecule has 1 heterocycles. The van der Waals surface area contributed by atoms with Crippen molar-refractivity contribution in [2.75, 3.05) is 20.1 Å². The van der Waals surface area contributed by atoms with Gasteiger partial charge in [-0.25, -0.2) is 0 Å². The van der Waals surface area contributed by atoms with Gasteiger partial charge in [0.2, 0.25) is 0 Å². The van der Waals surface area contributed by atoms with E-state index in [-0.39, 0.29) is 0 Å². The van der Waals surface area contributed by atoms with Crippen molar-refractivity contribution < 1.29 is 4.42 Å². The van der Waals surface area contributed by atoms with Crippen molar-refractivity contribution in [2.45, 2.75) is 32.4 Å². The zero-order chi connectivity index (χ0) is 11.4. The number of hydrogen-bond donors (Lipinski definition) is 1. The summed E-state index contributed by atoms with van der Waals surface area (Å²) in [5, 5.41) is 3.59. The first kappa shape index (κ1) is 11.7. The van der Waals surface area contributed by atoms with Crippen LogP contribution in [-0.2, 0) is 6.54 Å². The van der Waals surface area contributed by atoms with E-state index in [1.807, 2.05) is 12.3 Å². The molecule has 0 bridgehead atoms. The van der Waals surface area contributed by atoms with Gasteiger partial charge in [0, 0.05) is 31.2 Å². The van der Waals surface area contributed by atoms with Crippen molar-refractivity contribution in [3.63, 3.8) is 0 Å². The van der Waals surface area contributed by atoms with E-state index in [9.17, 15) is 0 Å². The Morgan fingerprint density at radius 3 is 3.00 bits per heavy atom. The molecular weight excluding hydrogens is 200 g/mol. The molecule has 1 atom stereocenters. The molecule has 1 aliphatic carbocycles. The minimum atomic E-state index is 0.697. The maximum atomic E-state index is 5.06. The molecule has 1 aromatic heterocycles. The highest BCUT2D eigenvalue weighted by Gasteiger charge is 2.27. The topological polar surface area (TPSA) is 28.4 Å². The molecule has 1 aromatic rings. The molecule has 0 spiro atoms. The fourth-order valence-electron chi connectivity index (χ4n) is 2.02. The van der Waals surface area contributed by atoms with E-state index in [0.29, 0.717) is 6.04 Å². The van der Waals surface area contributed by atoms with Gasteiger partial charge in [-0.15, -0.1) is 0 Å². The average molecular weight is 222 g/mol. The van der Waals surface area contributed by atoms with Crippen molar-refractivity contribution in [3.05, 3.63) is 24.2 Å². The summed E-state index contributed by atoms with van der Waals surface area (Å²) in [6, 6.07) is 2.72. The van der Waals surface area contributed by atoms with E-state index >= 15 is 0 Å². The molecule has 16 heavy (non-hydrogen) atoms. The summed E-state index contributed by atoms with van der Waals surface area (Å²) in [4.78, 5) is 2.32. The third-order valence-electron chi connectivity index (χ3n) is 3.32. The third kappa shape index (κ3) is 3.65. The van der Waals surface area contributed by atoms with E-state index in [2.05, 4.69) is 24.2 Å². The number of furan rings is 1. The van der Waals surface area contributed by atoms with Gasteiger partial charge in [-0.05, 0) is 38.8 Å². The highest BCUT2D eigenvalue weighted by molar-refractivity contribution is 5.04. The van der Waals surface area contributed by atoms with Gasteiger partial charge in [-0.2, -0.15) is 0 Å². The standard InChI is InChI=1S/C13H22N2O/c1-11(13-3-4-13)14-6-7-15(2)9-12-5-8-16-10-12/h5,8,10-11,13-14H,3-4,6-7,9H2,1-2H3. The van der Waals surface area contributed by atoms with Gasteiger partial charge in [0.15, 0.2) is 0 Å². The lowest BCUT2D eigenvalue weighted by atomic mass is 10.2. The van der Waals surface area contributed by atoms with Gasteiger partial charge >= 0.3 is 0 Å². The molecule has 1 fully saturated rings. The molecule has 3 heteroatoms. The van der Waals surface area contributed by atoms with Crippen LogP contribution in [0.1, 0.15) is 25.3 Å². The minimum Gasteiger partial charge on any atom is -0.472 e. The molecule has 1 N–H and O–H groups in total. The number of nitrogens with zero attached hydrogens (tertiary/aromatic N) is 1. The van der Waals surface area contributed by atoms with Crippen LogP contribution < -0.4 is 5.32 Å². The second kappa shape index (κ2) is 5.51. The average Bonchev–Trinajstić information content (AvgIpc) is 2.99. The van der Waals surface area contributed by atoms with Crippen LogP contribution in [0.25, 0.3) is 0 Å². The number of nitrogens with one attached hydrogen (secondary N) is 1. The summed E-state index contributed by atoms with van der Waals surface area (Å²) in [6.45, 7) is 5.43. The Kier molecular flexibility index (Phi) is 4.02. The van der Waals surface area contributed by atoms with E-state index in [1.54, 1.807) is 6.26 Å². The second-order valence-electron chi connectivity index (χ2n) is 4.95. The highest BCUT2D eigenvalue weighted by Crippen LogP contribution is 2.32. The Labute approximate surface area is 97.8 Å². The van der Waals surface area contributed by atoms with Gasteiger partial charge in [-0.3, -0.25) is 0 Å². The van der Waals surface area contributed by atoms with Crippen LogP contribution >= 0.6 is 0 Å². The Morgan fingerprint density at radius 1 is 1.56 bits per heavy atom. The molecule has 0 radical (unpaired) electrons. The van der Waals surface area contributed by atoms with E-state index < -0.39 is 0 Å². The fraction of sp³-hybridized carbons (Fsp3) is 0.692. The molecule has 0 amide bonds. The van der Waals surface area contributed by atoms with Crippen LogP contribution in [0.3, 0.4) is 0 Å². The summed E-state index contributed by atoms with van der Waals surface area (Å²) in [5.74, 6) is 0.944. The summed E-state index contributed by atoms with van der Waals surface area (Å²) < 4.78 is 5.06. The van der Waals surface area contributed by atoms with E-state index in [4.69, 9.17) is 4.42 Å². The van der Waals surface area contributed by atoms with Crippen LogP contribution in [-0.4, -0.2) is 31.1 Å². The van der Waals surface area contributed by atoms with Crippen LogP contribution in [0, 0.1) is 5.92 Å². The van der Waals surface area contributed by atoms with Crippen LogP contribution in [0.2, 0.25) is 0 Å². The number of rotatable bonds is 7. The number of likely N-dealkylation sites (N-methyl/N-ethyl adjacent to an activating group) is 1. The van der Waals surface area contributed by atoms with Gasteiger partial charge in [0.25, 0.3) is 0 Å². The van der Waals surface area contributed by atoms with Crippen LogP contribution in [0.15, 0.2) is 23.0 Å². The lowest BCUT2D eigenvalue weighted by Gasteiger charge is -2.18. The van der Waals surface area contributed by atoms with E-state index in [0.717, 1.165) is 25.6 Å². The SMILES string of the molecule is CC(NCCN(C)Cc1ccoc1)C1CC1. The molecule has 0 aliphatic heterocycles. The Hall–Kier alpha value is -0.800. The first-order chi connectivity index (χ1) is 7.75. The lowest BCUT2D eigenvalue weighted by Crippen LogP contribution is -2.35.